The highest BCUT2D eigenvalue weighted by Crippen LogP contribution is 2.54. The Hall–Kier alpha value is -3.48. The molecule has 5 rings (SSSR count). The quantitative estimate of drug-likeness (QED) is 0.728. The molecule has 0 bridgehead atoms. The summed E-state index contributed by atoms with van der Waals surface area (Å²) in [5, 5.41) is 3.01. The van der Waals surface area contributed by atoms with Crippen molar-refractivity contribution in [3.8, 4) is 0 Å². The standard InChI is InChI=1S/C22H20N4O3/c1-13-18(29-14(2)24-13)20(27)26-11-9-22(19(26)15-6-5-10-23-12-15)16-7-3-4-8-17(16)25-21(22)28/h3-8,10,12,19H,9,11H2,1-2H3,(H,25,28). The van der Waals surface area contributed by atoms with Crippen LogP contribution in [0, 0.1) is 13.8 Å². The molecule has 1 spiro atoms. The van der Waals surface area contributed by atoms with Crippen LogP contribution in [0.3, 0.4) is 0 Å². The van der Waals surface area contributed by atoms with E-state index in [-0.39, 0.29) is 17.6 Å². The van der Waals surface area contributed by atoms with Crippen LogP contribution in [0.2, 0.25) is 0 Å². The highest BCUT2D eigenvalue weighted by molar-refractivity contribution is 6.08. The lowest BCUT2D eigenvalue weighted by Crippen LogP contribution is -2.42. The summed E-state index contributed by atoms with van der Waals surface area (Å²) in [5.41, 5.74) is 2.22. The zero-order valence-corrected chi connectivity index (χ0v) is 16.2. The minimum Gasteiger partial charge on any atom is -0.436 e. The molecule has 146 valence electrons. The third-order valence-electron chi connectivity index (χ3n) is 5.95. The van der Waals surface area contributed by atoms with E-state index in [9.17, 15) is 9.59 Å². The number of para-hydroxylation sites is 1. The molecule has 4 heterocycles. The zero-order chi connectivity index (χ0) is 20.2. The summed E-state index contributed by atoms with van der Waals surface area (Å²) in [6, 6.07) is 10.9. The number of amides is 2. The minimum absolute atomic E-state index is 0.0895. The lowest BCUT2D eigenvalue weighted by Gasteiger charge is -2.33. The first-order chi connectivity index (χ1) is 14.0. The summed E-state index contributed by atoms with van der Waals surface area (Å²) >= 11 is 0. The molecule has 2 aliphatic rings. The van der Waals surface area contributed by atoms with Gasteiger partial charge >= 0.3 is 0 Å². The van der Waals surface area contributed by atoms with Crippen molar-refractivity contribution in [1.82, 2.24) is 14.9 Å². The molecule has 2 aromatic heterocycles. The third-order valence-corrected chi connectivity index (χ3v) is 5.95. The van der Waals surface area contributed by atoms with E-state index in [2.05, 4.69) is 15.3 Å². The van der Waals surface area contributed by atoms with Gasteiger partial charge in [0.2, 0.25) is 11.7 Å². The Morgan fingerprint density at radius 2 is 2.07 bits per heavy atom. The van der Waals surface area contributed by atoms with Crippen molar-refractivity contribution in [3.05, 3.63) is 77.3 Å². The molecule has 3 aromatic rings. The van der Waals surface area contributed by atoms with Gasteiger partial charge in [-0.3, -0.25) is 14.6 Å². The molecule has 29 heavy (non-hydrogen) atoms. The van der Waals surface area contributed by atoms with Crippen molar-refractivity contribution in [3.63, 3.8) is 0 Å². The van der Waals surface area contributed by atoms with Gasteiger partial charge in [0.1, 0.15) is 5.41 Å². The smallest absolute Gasteiger partial charge is 0.292 e. The highest BCUT2D eigenvalue weighted by atomic mass is 16.4. The van der Waals surface area contributed by atoms with Gasteiger partial charge in [-0.05, 0) is 36.6 Å². The number of nitrogens with one attached hydrogen (secondary N) is 1. The molecule has 0 radical (unpaired) electrons. The van der Waals surface area contributed by atoms with Crippen LogP contribution in [0.15, 0.2) is 53.2 Å². The van der Waals surface area contributed by atoms with Crippen LogP contribution in [-0.4, -0.2) is 33.2 Å². The molecule has 2 amide bonds. The predicted octanol–water partition coefficient (Wildman–Crippen LogP) is 3.16. The van der Waals surface area contributed by atoms with Crippen LogP contribution in [0.1, 0.15) is 45.7 Å². The largest absolute Gasteiger partial charge is 0.436 e. The monoisotopic (exact) mass is 388 g/mol. The summed E-state index contributed by atoms with van der Waals surface area (Å²) in [4.78, 5) is 37.0. The molecule has 2 atom stereocenters. The van der Waals surface area contributed by atoms with Gasteiger partial charge < -0.3 is 14.6 Å². The van der Waals surface area contributed by atoms with Gasteiger partial charge in [-0.25, -0.2) is 4.98 Å². The van der Waals surface area contributed by atoms with Gasteiger partial charge in [-0.1, -0.05) is 24.3 Å². The number of aryl methyl sites for hydroxylation is 2. The van der Waals surface area contributed by atoms with E-state index in [4.69, 9.17) is 4.42 Å². The number of carbonyl (C=O) groups excluding carboxylic acids is 2. The number of benzene rings is 1. The van der Waals surface area contributed by atoms with Crippen LogP contribution in [0.5, 0.6) is 0 Å². The van der Waals surface area contributed by atoms with E-state index in [1.165, 1.54) is 0 Å². The average Bonchev–Trinajstić information content (AvgIpc) is 3.37. The number of fused-ring (bicyclic) bond motifs is 2. The summed E-state index contributed by atoms with van der Waals surface area (Å²) in [6.07, 6.45) is 3.93. The minimum atomic E-state index is -0.863. The van der Waals surface area contributed by atoms with Crippen LogP contribution < -0.4 is 5.32 Å². The van der Waals surface area contributed by atoms with Gasteiger partial charge in [-0.15, -0.1) is 0 Å². The summed E-state index contributed by atoms with van der Waals surface area (Å²) < 4.78 is 5.60. The van der Waals surface area contributed by atoms with Gasteiger partial charge in [0.05, 0.1) is 11.7 Å². The van der Waals surface area contributed by atoms with E-state index in [0.717, 1.165) is 16.8 Å². The van der Waals surface area contributed by atoms with Gasteiger partial charge in [0, 0.05) is 31.5 Å². The van der Waals surface area contributed by atoms with Crippen molar-refractivity contribution in [1.29, 1.82) is 0 Å². The van der Waals surface area contributed by atoms with E-state index in [1.54, 1.807) is 31.1 Å². The first-order valence-electron chi connectivity index (χ1n) is 9.58. The van der Waals surface area contributed by atoms with E-state index in [0.29, 0.717) is 24.6 Å². The molecule has 1 saturated heterocycles. The Morgan fingerprint density at radius 3 is 2.79 bits per heavy atom. The summed E-state index contributed by atoms with van der Waals surface area (Å²) in [7, 11) is 0. The number of hydrogen-bond acceptors (Lipinski definition) is 5. The SMILES string of the molecule is Cc1nc(C)c(C(=O)N2CCC3(C(=O)Nc4ccccc43)C2c2cccnc2)o1. The molecule has 2 unspecified atom stereocenters. The fourth-order valence-electron chi connectivity index (χ4n) is 4.77. The van der Waals surface area contributed by atoms with Gasteiger partial charge in [-0.2, -0.15) is 0 Å². The lowest BCUT2D eigenvalue weighted by atomic mass is 9.73. The number of likely N-dealkylation sites (tertiary alicyclic amines) is 1. The Labute approximate surface area is 167 Å². The fraction of sp³-hybridized carbons (Fsp3) is 0.273. The first kappa shape index (κ1) is 17.6. The highest BCUT2D eigenvalue weighted by Gasteiger charge is 2.59. The molecule has 1 fully saturated rings. The molecule has 1 N–H and O–H groups in total. The number of aromatic nitrogens is 2. The maximum Gasteiger partial charge on any atom is 0.292 e. The number of nitrogens with zero attached hydrogens (tertiary/aromatic N) is 3. The van der Waals surface area contributed by atoms with Crippen molar-refractivity contribution in [2.45, 2.75) is 31.7 Å². The van der Waals surface area contributed by atoms with Crippen LogP contribution in [0.25, 0.3) is 0 Å². The van der Waals surface area contributed by atoms with Crippen LogP contribution in [-0.2, 0) is 10.2 Å². The van der Waals surface area contributed by atoms with Gasteiger partial charge in [0.15, 0.2) is 5.89 Å². The Balaban J connectivity index is 1.68. The maximum atomic E-state index is 13.5. The van der Waals surface area contributed by atoms with Crippen molar-refractivity contribution >= 4 is 17.5 Å². The number of oxazole rings is 1. The van der Waals surface area contributed by atoms with Crippen LogP contribution in [0.4, 0.5) is 5.69 Å². The molecule has 0 aliphatic carbocycles. The molecule has 2 aliphatic heterocycles. The number of pyridine rings is 1. The second kappa shape index (κ2) is 6.27. The number of hydrogen-bond donors (Lipinski definition) is 1. The third kappa shape index (κ3) is 2.43. The maximum absolute atomic E-state index is 13.5. The Bertz CT molecular complexity index is 1120. The predicted molar refractivity (Wildman–Crippen MR) is 105 cm³/mol. The van der Waals surface area contributed by atoms with Gasteiger partial charge in [0.25, 0.3) is 5.91 Å². The zero-order valence-electron chi connectivity index (χ0n) is 16.2. The molecular weight excluding hydrogens is 368 g/mol. The average molecular weight is 388 g/mol. The molecule has 7 nitrogen and oxygen atoms in total. The normalized spacial score (nSPS) is 22.8. The number of carbonyl (C=O) groups is 2. The van der Waals surface area contributed by atoms with Crippen LogP contribution >= 0.6 is 0 Å². The number of anilines is 1. The molecular formula is C22H20N4O3. The van der Waals surface area contributed by atoms with E-state index < -0.39 is 11.5 Å². The Morgan fingerprint density at radius 1 is 1.24 bits per heavy atom. The van der Waals surface area contributed by atoms with Crippen molar-refractivity contribution in [2.75, 3.05) is 11.9 Å². The topological polar surface area (TPSA) is 88.3 Å². The van der Waals surface area contributed by atoms with Crippen molar-refractivity contribution in [2.24, 2.45) is 0 Å². The molecule has 7 heteroatoms. The second-order valence-corrected chi connectivity index (χ2v) is 7.56. The molecule has 0 saturated carbocycles. The summed E-state index contributed by atoms with van der Waals surface area (Å²) in [6.45, 7) is 3.90. The lowest BCUT2D eigenvalue weighted by molar-refractivity contribution is -0.121. The van der Waals surface area contributed by atoms with Crippen molar-refractivity contribution < 1.29 is 14.0 Å². The van der Waals surface area contributed by atoms with E-state index >= 15 is 0 Å². The fourth-order valence-corrected chi connectivity index (χ4v) is 4.77. The summed E-state index contributed by atoms with van der Waals surface area (Å²) in [5.74, 6) is 0.320. The second-order valence-electron chi connectivity index (χ2n) is 7.56. The molecule has 1 aromatic carbocycles. The first-order valence-corrected chi connectivity index (χ1v) is 9.58. The Kier molecular flexibility index (Phi) is 3.81. The van der Waals surface area contributed by atoms with E-state index in [1.807, 2.05) is 36.4 Å². The number of rotatable bonds is 2.